The Bertz CT molecular complexity index is 492. The third kappa shape index (κ3) is 2.91. The molecule has 0 unspecified atom stereocenters. The van der Waals surface area contributed by atoms with Crippen LogP contribution in [0.2, 0.25) is 0 Å². The molecule has 2 rings (SSSR count). The van der Waals surface area contributed by atoms with Gasteiger partial charge in [0.1, 0.15) is 6.10 Å². The van der Waals surface area contributed by atoms with Crippen molar-refractivity contribution in [3.63, 3.8) is 0 Å². The third-order valence-electron chi connectivity index (χ3n) is 3.25. The Hall–Kier alpha value is -0.910. The summed E-state index contributed by atoms with van der Waals surface area (Å²) in [5.41, 5.74) is 1.02. The van der Waals surface area contributed by atoms with E-state index in [1.54, 1.807) is 31.4 Å². The molecule has 0 saturated heterocycles. The maximum absolute atomic E-state index is 12.1. The molecule has 0 spiro atoms. The Kier molecular flexibility index (Phi) is 4.04. The van der Waals surface area contributed by atoms with E-state index < -0.39 is 10.1 Å². The molecular formula is C13H18O4S. The maximum atomic E-state index is 12.1. The first-order chi connectivity index (χ1) is 8.53. The Morgan fingerprint density at radius 2 is 1.72 bits per heavy atom. The first-order valence-corrected chi connectivity index (χ1v) is 7.46. The highest BCUT2D eigenvalue weighted by molar-refractivity contribution is 7.86. The fourth-order valence-corrected chi connectivity index (χ4v) is 3.32. The Morgan fingerprint density at radius 1 is 1.11 bits per heavy atom. The lowest BCUT2D eigenvalue weighted by Gasteiger charge is -2.18. The third-order valence-corrected chi connectivity index (χ3v) is 4.60. The van der Waals surface area contributed by atoms with E-state index in [0.29, 0.717) is 0 Å². The molecule has 2 atom stereocenters. The molecule has 100 valence electrons. The van der Waals surface area contributed by atoms with Crippen LogP contribution in [0.25, 0.3) is 0 Å². The first kappa shape index (κ1) is 13.5. The molecule has 1 aromatic carbocycles. The van der Waals surface area contributed by atoms with Gasteiger partial charge in [-0.3, -0.25) is 4.18 Å². The molecule has 4 nitrogen and oxygen atoms in total. The van der Waals surface area contributed by atoms with Gasteiger partial charge in [0.2, 0.25) is 0 Å². The van der Waals surface area contributed by atoms with Crippen molar-refractivity contribution in [3.8, 4) is 0 Å². The number of ether oxygens (including phenoxy) is 1. The summed E-state index contributed by atoms with van der Waals surface area (Å²) in [4.78, 5) is 0.204. The lowest BCUT2D eigenvalue weighted by atomic mass is 10.2. The Balaban J connectivity index is 2.14. The average molecular weight is 270 g/mol. The van der Waals surface area contributed by atoms with Gasteiger partial charge in [0.15, 0.2) is 0 Å². The van der Waals surface area contributed by atoms with E-state index in [1.807, 2.05) is 6.92 Å². The zero-order valence-electron chi connectivity index (χ0n) is 10.6. The largest absolute Gasteiger partial charge is 0.379 e. The smallest absolute Gasteiger partial charge is 0.297 e. The van der Waals surface area contributed by atoms with E-state index in [1.165, 1.54) is 0 Å². The van der Waals surface area contributed by atoms with E-state index in [4.69, 9.17) is 8.92 Å². The molecule has 0 amide bonds. The van der Waals surface area contributed by atoms with Gasteiger partial charge in [0.05, 0.1) is 11.0 Å². The lowest BCUT2D eigenvalue weighted by molar-refractivity contribution is 0.0259. The van der Waals surface area contributed by atoms with Crippen molar-refractivity contribution in [3.05, 3.63) is 29.8 Å². The molecule has 1 aliphatic carbocycles. The summed E-state index contributed by atoms with van der Waals surface area (Å²) in [7, 11) is -2.10. The van der Waals surface area contributed by atoms with E-state index in [9.17, 15) is 8.42 Å². The molecule has 0 aliphatic heterocycles. The summed E-state index contributed by atoms with van der Waals surface area (Å²) >= 11 is 0. The number of aryl methyl sites for hydroxylation is 1. The number of hydrogen-bond acceptors (Lipinski definition) is 4. The van der Waals surface area contributed by atoms with Crippen LogP contribution < -0.4 is 0 Å². The molecule has 1 fully saturated rings. The van der Waals surface area contributed by atoms with E-state index in [2.05, 4.69) is 0 Å². The highest BCUT2D eigenvalue weighted by Gasteiger charge is 2.32. The quantitative estimate of drug-likeness (QED) is 0.788. The monoisotopic (exact) mass is 270 g/mol. The number of benzene rings is 1. The molecule has 0 heterocycles. The fraction of sp³-hybridized carbons (Fsp3) is 0.538. The molecule has 0 aromatic heterocycles. The van der Waals surface area contributed by atoms with Crippen LogP contribution in [-0.2, 0) is 19.0 Å². The van der Waals surface area contributed by atoms with E-state index in [0.717, 1.165) is 24.8 Å². The van der Waals surface area contributed by atoms with E-state index in [-0.39, 0.29) is 17.1 Å². The number of methoxy groups -OCH3 is 1. The highest BCUT2D eigenvalue weighted by Crippen LogP contribution is 2.27. The summed E-state index contributed by atoms with van der Waals surface area (Å²) in [5.74, 6) is 0. The van der Waals surface area contributed by atoms with Crippen molar-refractivity contribution in [2.75, 3.05) is 7.11 Å². The SMILES string of the molecule is CO[C@@H]1CCC[C@H]1OS(=O)(=O)c1ccc(C)cc1. The second-order valence-corrected chi connectivity index (χ2v) is 6.18. The first-order valence-electron chi connectivity index (χ1n) is 6.05. The second-order valence-electron chi connectivity index (χ2n) is 4.61. The summed E-state index contributed by atoms with van der Waals surface area (Å²) in [5, 5.41) is 0. The van der Waals surface area contributed by atoms with Gasteiger partial charge in [-0.2, -0.15) is 8.42 Å². The van der Waals surface area contributed by atoms with Gasteiger partial charge in [-0.25, -0.2) is 0 Å². The van der Waals surface area contributed by atoms with Gasteiger partial charge in [0.25, 0.3) is 10.1 Å². The minimum Gasteiger partial charge on any atom is -0.379 e. The van der Waals surface area contributed by atoms with Gasteiger partial charge >= 0.3 is 0 Å². The van der Waals surface area contributed by atoms with Crippen LogP contribution in [-0.4, -0.2) is 27.7 Å². The van der Waals surface area contributed by atoms with Gasteiger partial charge in [-0.15, -0.1) is 0 Å². The van der Waals surface area contributed by atoms with Crippen molar-refractivity contribution in [1.82, 2.24) is 0 Å². The summed E-state index contributed by atoms with van der Waals surface area (Å²) in [6, 6.07) is 6.67. The van der Waals surface area contributed by atoms with Gasteiger partial charge in [-0.05, 0) is 38.3 Å². The molecular weight excluding hydrogens is 252 g/mol. The summed E-state index contributed by atoms with van der Waals surface area (Å²) in [6.45, 7) is 1.91. The standard InChI is InChI=1S/C13H18O4S/c1-10-6-8-11(9-7-10)18(14,15)17-13-5-3-4-12(13)16-2/h6-9,12-13H,3-5H2,1-2H3/t12-,13-/m1/s1. The van der Waals surface area contributed by atoms with Crippen LogP contribution in [0.3, 0.4) is 0 Å². The zero-order chi connectivity index (χ0) is 13.2. The van der Waals surface area contributed by atoms with Crippen LogP contribution in [0, 0.1) is 6.92 Å². The summed E-state index contributed by atoms with van der Waals surface area (Å²) < 4.78 is 34.7. The van der Waals surface area contributed by atoms with Crippen LogP contribution in [0.15, 0.2) is 29.2 Å². The molecule has 1 aliphatic rings. The lowest BCUT2D eigenvalue weighted by Crippen LogP contribution is -2.27. The number of rotatable bonds is 4. The topological polar surface area (TPSA) is 52.6 Å². The average Bonchev–Trinajstić information content (AvgIpc) is 2.76. The van der Waals surface area contributed by atoms with Gasteiger partial charge < -0.3 is 4.74 Å². The van der Waals surface area contributed by atoms with Crippen LogP contribution in [0.5, 0.6) is 0 Å². The van der Waals surface area contributed by atoms with Gasteiger partial charge in [0, 0.05) is 7.11 Å². The fourth-order valence-electron chi connectivity index (χ4n) is 2.19. The molecule has 0 N–H and O–H groups in total. The van der Waals surface area contributed by atoms with Crippen molar-refractivity contribution in [1.29, 1.82) is 0 Å². The minimum absolute atomic E-state index is 0.120. The van der Waals surface area contributed by atoms with Crippen molar-refractivity contribution in [2.45, 2.75) is 43.3 Å². The minimum atomic E-state index is -3.68. The highest BCUT2D eigenvalue weighted by atomic mass is 32.2. The Labute approximate surface area is 108 Å². The summed E-state index contributed by atoms with van der Waals surface area (Å²) in [6.07, 6.45) is 2.03. The molecule has 5 heteroatoms. The molecule has 0 bridgehead atoms. The van der Waals surface area contributed by atoms with Gasteiger partial charge in [-0.1, -0.05) is 17.7 Å². The normalized spacial score (nSPS) is 24.3. The van der Waals surface area contributed by atoms with E-state index >= 15 is 0 Å². The van der Waals surface area contributed by atoms with Crippen molar-refractivity contribution >= 4 is 10.1 Å². The Morgan fingerprint density at radius 3 is 2.33 bits per heavy atom. The van der Waals surface area contributed by atoms with Crippen LogP contribution in [0.1, 0.15) is 24.8 Å². The maximum Gasteiger partial charge on any atom is 0.297 e. The zero-order valence-corrected chi connectivity index (χ0v) is 11.4. The number of hydrogen-bond donors (Lipinski definition) is 0. The molecule has 0 radical (unpaired) electrons. The predicted octanol–water partition coefficient (Wildman–Crippen LogP) is 2.27. The van der Waals surface area contributed by atoms with Crippen molar-refractivity contribution in [2.24, 2.45) is 0 Å². The molecule has 1 saturated carbocycles. The molecule has 18 heavy (non-hydrogen) atoms. The van der Waals surface area contributed by atoms with Crippen LogP contribution >= 0.6 is 0 Å². The molecule has 1 aromatic rings. The predicted molar refractivity (Wildman–Crippen MR) is 67.9 cm³/mol. The second kappa shape index (κ2) is 5.38. The van der Waals surface area contributed by atoms with Crippen LogP contribution in [0.4, 0.5) is 0 Å². The van der Waals surface area contributed by atoms with Crippen molar-refractivity contribution < 1.29 is 17.3 Å².